The number of nitrogens with zero attached hydrogens (tertiary/aromatic N) is 7. The molecule has 25 heteroatoms. The van der Waals surface area contributed by atoms with E-state index in [9.17, 15) is 53.4 Å². The quantitative estimate of drug-likeness (QED) is 0.0134. The Morgan fingerprint density at radius 2 is 1.61 bits per heavy atom. The van der Waals surface area contributed by atoms with Crippen molar-refractivity contribution in [3.63, 3.8) is 0 Å². The second kappa shape index (κ2) is 32.4. The summed E-state index contributed by atoms with van der Waals surface area (Å²) in [5.41, 5.74) is 5.28. The molecule has 97 heavy (non-hydrogen) atoms. The number of aromatic nitrogens is 4. The maximum atomic E-state index is 13.8. The number of benzene rings is 3. The maximum Gasteiger partial charge on any atom is 0.410 e. The molecule has 5 heterocycles. The van der Waals surface area contributed by atoms with E-state index in [1.807, 2.05) is 59.0 Å². The molecule has 3 aliphatic rings. The first-order valence-corrected chi connectivity index (χ1v) is 33.9. The highest BCUT2D eigenvalue weighted by atomic mass is 32.1. The summed E-state index contributed by atoms with van der Waals surface area (Å²) < 4.78 is 15.2. The molecule has 0 saturated heterocycles. The zero-order valence-electron chi connectivity index (χ0n) is 56.1. The predicted molar refractivity (Wildman–Crippen MR) is 368 cm³/mol. The minimum atomic E-state index is -1.19. The third kappa shape index (κ3) is 18.9. The van der Waals surface area contributed by atoms with Crippen molar-refractivity contribution in [2.24, 2.45) is 22.7 Å². The van der Waals surface area contributed by atoms with E-state index < -0.39 is 42.0 Å². The van der Waals surface area contributed by atoms with Gasteiger partial charge in [-0.05, 0) is 134 Å². The first kappa shape index (κ1) is 71.7. The molecule has 6 aromatic rings. The number of nitrogens with one attached hydrogen (secondary N) is 4. The molecule has 3 aromatic carbocycles. The number of imide groups is 1. The van der Waals surface area contributed by atoms with Crippen molar-refractivity contribution in [1.29, 1.82) is 0 Å². The minimum Gasteiger partial charge on any atom is -0.481 e. The third-order valence-electron chi connectivity index (χ3n) is 18.1. The van der Waals surface area contributed by atoms with Gasteiger partial charge in [0, 0.05) is 85.9 Å². The third-order valence-corrected chi connectivity index (χ3v) is 19.0. The number of hydrogen-bond acceptors (Lipinski definition) is 16. The Morgan fingerprint density at radius 1 is 0.845 bits per heavy atom. The van der Waals surface area contributed by atoms with Gasteiger partial charge in [0.15, 0.2) is 10.8 Å². The van der Waals surface area contributed by atoms with Crippen LogP contribution in [-0.2, 0) is 64.4 Å². The van der Waals surface area contributed by atoms with Gasteiger partial charge in [0.1, 0.15) is 18.5 Å². The van der Waals surface area contributed by atoms with Gasteiger partial charge in [-0.25, -0.2) is 19.6 Å². The van der Waals surface area contributed by atoms with Crippen LogP contribution in [0.25, 0.3) is 21.3 Å². The Balaban J connectivity index is 0.784. The number of aromatic carboxylic acids is 1. The van der Waals surface area contributed by atoms with Crippen LogP contribution in [0.4, 0.5) is 21.4 Å². The lowest BCUT2D eigenvalue weighted by molar-refractivity contribution is -0.138. The maximum absolute atomic E-state index is 13.8. The molecule has 6 N–H and O–H groups in total. The van der Waals surface area contributed by atoms with Gasteiger partial charge in [0.2, 0.25) is 17.7 Å². The molecule has 0 fully saturated rings. The van der Waals surface area contributed by atoms with Crippen LogP contribution >= 0.6 is 11.3 Å². The number of anilines is 3. The first-order chi connectivity index (χ1) is 46.4. The number of para-hydroxylation sites is 1. The van der Waals surface area contributed by atoms with Crippen molar-refractivity contribution in [3.05, 3.63) is 143 Å². The molecule has 1 aliphatic carbocycles. The zero-order chi connectivity index (χ0) is 69.6. The summed E-state index contributed by atoms with van der Waals surface area (Å²) in [5, 5.41) is 36.9. The minimum absolute atomic E-state index is 0.0349. The summed E-state index contributed by atoms with van der Waals surface area (Å²) in [6, 6.07) is 22.6. The Kier molecular flexibility index (Phi) is 23.9. The van der Waals surface area contributed by atoms with Gasteiger partial charge in [-0.15, -0.1) is 0 Å². The van der Waals surface area contributed by atoms with Gasteiger partial charge in [0.25, 0.3) is 17.7 Å². The van der Waals surface area contributed by atoms with E-state index in [0.717, 1.165) is 51.2 Å². The molecular weight excluding hydrogens is 1260 g/mol. The summed E-state index contributed by atoms with van der Waals surface area (Å²) in [5.74, 6) is -4.09. The van der Waals surface area contributed by atoms with Crippen LogP contribution in [-0.4, -0.2) is 145 Å². The molecule has 0 saturated carbocycles. The molecular formula is C72H87N11O13S. The van der Waals surface area contributed by atoms with Crippen molar-refractivity contribution < 1.29 is 62.8 Å². The zero-order valence-corrected chi connectivity index (χ0v) is 56.9. The number of amides is 7. The Bertz CT molecular complexity index is 3900. The summed E-state index contributed by atoms with van der Waals surface area (Å²) >= 11 is 1.40. The van der Waals surface area contributed by atoms with E-state index in [1.165, 1.54) is 28.4 Å². The fraction of sp³-hybridized carbons (Fsp3) is 0.444. The fourth-order valence-electron chi connectivity index (χ4n) is 13.2. The van der Waals surface area contributed by atoms with Gasteiger partial charge in [-0.3, -0.25) is 48.5 Å². The highest BCUT2D eigenvalue weighted by molar-refractivity contribution is 7.22. The molecule has 4 atom stereocenters. The fourth-order valence-corrected chi connectivity index (χ4v) is 14.1. The molecule has 0 bridgehead atoms. The molecule has 0 radical (unpaired) electrons. The van der Waals surface area contributed by atoms with Crippen LogP contribution in [0.5, 0.6) is 0 Å². The topological polar surface area (TPSA) is 314 Å². The summed E-state index contributed by atoms with van der Waals surface area (Å²) in [6.07, 6.45) is 12.4. The largest absolute Gasteiger partial charge is 0.481 e. The lowest BCUT2D eigenvalue weighted by Gasteiger charge is -2.40. The van der Waals surface area contributed by atoms with Crippen LogP contribution in [0.3, 0.4) is 0 Å². The number of carboxylic acids is 2. The van der Waals surface area contributed by atoms with Crippen molar-refractivity contribution >= 4 is 91.7 Å². The number of carbonyl (C=O) groups is 9. The van der Waals surface area contributed by atoms with Crippen molar-refractivity contribution in [2.75, 3.05) is 54.9 Å². The average molecular weight is 1350 g/mol. The SMILES string of the molecule is CCC1(Cn2ncc(-c3ccc(N4CCc5cccc(C(=O)Nc6nc7ccccc7s6)c5C4)nc3C(=O)O)c2C)CC(OCCN(CCC(=O)O)C(=O)OCc2ccc(NC(=O)CNC(=O)C(NC(=O)CCCCCN3C(=O)C=CC3=O)C(C)C)cc2)C=CC(C)(CC(C)C)C1. The van der Waals surface area contributed by atoms with E-state index >= 15 is 0 Å². The van der Waals surface area contributed by atoms with Crippen LogP contribution < -0.4 is 26.2 Å². The smallest absolute Gasteiger partial charge is 0.410 e. The van der Waals surface area contributed by atoms with Crippen molar-refractivity contribution in [3.8, 4) is 11.1 Å². The number of allylic oxidation sites excluding steroid dienone is 1. The van der Waals surface area contributed by atoms with Crippen LogP contribution in [0.15, 0.2) is 109 Å². The molecule has 9 rings (SSSR count). The van der Waals surface area contributed by atoms with E-state index in [0.29, 0.717) is 96.5 Å². The van der Waals surface area contributed by atoms with Crippen molar-refractivity contribution in [2.45, 2.75) is 145 Å². The number of aliphatic carboxylic acids is 1. The number of ether oxygens (including phenoxy) is 2. The summed E-state index contributed by atoms with van der Waals surface area (Å²) in [7, 11) is 0. The Hall–Kier alpha value is -9.62. The lowest BCUT2D eigenvalue weighted by atomic mass is 9.67. The van der Waals surface area contributed by atoms with Gasteiger partial charge in [0.05, 0.1) is 42.1 Å². The summed E-state index contributed by atoms with van der Waals surface area (Å²) in [4.78, 5) is 129. The number of carboxylic acid groups (broad SMARTS) is 2. The number of thiazole rings is 1. The number of fused-ring (bicyclic) bond motifs is 2. The van der Waals surface area contributed by atoms with E-state index in [2.05, 4.69) is 66.1 Å². The first-order valence-electron chi connectivity index (χ1n) is 33.1. The predicted octanol–water partition coefficient (Wildman–Crippen LogP) is 10.4. The van der Waals surface area contributed by atoms with Crippen molar-refractivity contribution in [1.82, 2.24) is 40.2 Å². The molecule has 514 valence electrons. The van der Waals surface area contributed by atoms with Crippen LogP contribution in [0.2, 0.25) is 0 Å². The Morgan fingerprint density at radius 3 is 2.32 bits per heavy atom. The standard InChI is InChI=1S/C72H87N11O13S/c1-8-72(44-83-47(6)54(39-74-83)52-24-25-58(77-65(52)68(92)93)81-33-29-49-15-14-16-53(55(49)41-81)66(90)79-69-76-56-17-11-12-18-57(56)97-69)38-51(28-31-71(7,43-72)37-45(2)3)95-36-35-80(34-30-63(88)89)70(94)96-42-48-20-22-50(23-21-48)75-60(85)40-73-67(91)64(46(4)5)78-59(84)19-10-9-13-32-82-61(86)26-27-62(82)87/h11-12,14-18,20-28,31,39,45-46,51,64H,8-10,13,19,29-30,32-38,40-44H2,1-7H3,(H,73,91)(H,75,85)(H,78,84)(H,88,89)(H,92,93)(H,76,79,90). The van der Waals surface area contributed by atoms with E-state index in [-0.39, 0.29) is 98.3 Å². The van der Waals surface area contributed by atoms with E-state index in [1.54, 1.807) is 56.4 Å². The van der Waals surface area contributed by atoms with Gasteiger partial charge in [-0.2, -0.15) is 5.10 Å². The normalized spacial score (nSPS) is 17.8. The monoisotopic (exact) mass is 1350 g/mol. The average Bonchev–Trinajstić information content (AvgIpc) is 1.77. The molecule has 24 nitrogen and oxygen atoms in total. The number of carbonyl (C=O) groups excluding carboxylic acids is 7. The van der Waals surface area contributed by atoms with Gasteiger partial charge < -0.3 is 45.4 Å². The highest BCUT2D eigenvalue weighted by Gasteiger charge is 2.42. The van der Waals surface area contributed by atoms with E-state index in [4.69, 9.17) is 19.6 Å². The molecule has 3 aromatic heterocycles. The number of rotatable bonds is 31. The number of pyridine rings is 1. The molecule has 7 amide bonds. The van der Waals surface area contributed by atoms with Gasteiger partial charge in [-0.1, -0.05) is 108 Å². The second-order valence-electron chi connectivity index (χ2n) is 26.4. The molecule has 2 aliphatic heterocycles. The highest BCUT2D eigenvalue weighted by Crippen LogP contribution is 2.49. The van der Waals surface area contributed by atoms with Crippen LogP contribution in [0, 0.1) is 29.6 Å². The van der Waals surface area contributed by atoms with Crippen LogP contribution in [0.1, 0.15) is 143 Å². The lowest BCUT2D eigenvalue weighted by Crippen LogP contribution is -2.51. The Labute approximate surface area is 568 Å². The second-order valence-corrected chi connectivity index (χ2v) is 27.4. The van der Waals surface area contributed by atoms with Gasteiger partial charge >= 0.3 is 18.0 Å². The summed E-state index contributed by atoms with van der Waals surface area (Å²) in [6.45, 7) is 15.4. The number of hydrogen-bond donors (Lipinski definition) is 6. The number of unbranched alkanes of at least 4 members (excludes halogenated alkanes) is 2. The molecule has 4 unspecified atom stereocenters. The molecule has 0 spiro atoms.